The first-order chi connectivity index (χ1) is 20.4. The summed E-state index contributed by atoms with van der Waals surface area (Å²) >= 11 is 6.32. The number of aliphatic hydroxyl groups excluding tert-OH is 1. The van der Waals surface area contributed by atoms with Gasteiger partial charge in [0.2, 0.25) is 5.78 Å². The van der Waals surface area contributed by atoms with Crippen molar-refractivity contribution in [1.82, 2.24) is 30.1 Å². The smallest absolute Gasteiger partial charge is 0.396 e. The lowest BCUT2D eigenvalue weighted by molar-refractivity contribution is -0.143. The van der Waals surface area contributed by atoms with E-state index in [2.05, 4.69) is 25.4 Å². The number of benzene rings is 2. The van der Waals surface area contributed by atoms with Gasteiger partial charge in [-0.1, -0.05) is 34.1 Å². The maximum atomic E-state index is 14.1. The molecule has 0 aliphatic heterocycles. The first kappa shape index (κ1) is 29.8. The molecule has 0 spiro atoms. The van der Waals surface area contributed by atoms with Gasteiger partial charge in [-0.2, -0.15) is 26.3 Å². The van der Waals surface area contributed by atoms with Crippen molar-refractivity contribution in [3.8, 4) is 22.6 Å². The number of hydrogen-bond donors (Lipinski definition) is 1. The topological polar surface area (TPSA) is 120 Å². The Morgan fingerprint density at radius 1 is 0.977 bits per heavy atom. The molecule has 0 fully saturated rings. The van der Waals surface area contributed by atoms with Crippen molar-refractivity contribution in [2.45, 2.75) is 25.3 Å². The molecular weight excluding hydrogens is 606 g/mol. The number of ketones is 1. The second-order valence-corrected chi connectivity index (χ2v) is 9.51. The normalized spacial score (nSPS) is 12.1. The van der Waals surface area contributed by atoms with Gasteiger partial charge in [-0.25, -0.2) is 14.6 Å². The predicted octanol–water partition coefficient (Wildman–Crippen LogP) is 5.90. The van der Waals surface area contributed by atoms with Crippen LogP contribution in [0.2, 0.25) is 5.02 Å². The molecule has 0 radical (unpaired) electrons. The van der Waals surface area contributed by atoms with Gasteiger partial charge in [-0.15, -0.1) is 5.10 Å². The molecule has 3 heterocycles. The highest BCUT2D eigenvalue weighted by molar-refractivity contribution is 6.33. The quantitative estimate of drug-likeness (QED) is 0.168. The van der Waals surface area contributed by atoms with E-state index < -0.39 is 48.0 Å². The zero-order chi connectivity index (χ0) is 30.9. The van der Waals surface area contributed by atoms with Gasteiger partial charge in [0, 0.05) is 36.5 Å². The van der Waals surface area contributed by atoms with Gasteiger partial charge < -0.3 is 9.63 Å². The molecule has 2 aromatic carbocycles. The summed E-state index contributed by atoms with van der Waals surface area (Å²) in [4.78, 5) is 21.9. The minimum atomic E-state index is -5.07. The molecule has 0 saturated heterocycles. The number of aliphatic hydroxyl groups is 1. The maximum Gasteiger partial charge on any atom is 0.416 e. The fraction of sp³-hybridized carbons (Fsp3) is 0.185. The van der Waals surface area contributed by atoms with Crippen molar-refractivity contribution < 1.29 is 40.8 Å². The molecule has 0 saturated carbocycles. The summed E-state index contributed by atoms with van der Waals surface area (Å²) in [7, 11) is 0. The SMILES string of the molecule is O=C(c1nnn(Cc2cc(C(F)(F)F)cc(C(F)(F)F)c2)c1-c1cncnc1)c1c(CCO)noc1-c1ccccc1Cl. The summed E-state index contributed by atoms with van der Waals surface area (Å²) in [5.41, 5.74) is -3.52. The van der Waals surface area contributed by atoms with E-state index in [0.717, 1.165) is 4.68 Å². The van der Waals surface area contributed by atoms with E-state index in [1.165, 1.54) is 18.7 Å². The van der Waals surface area contributed by atoms with Crippen LogP contribution in [0.5, 0.6) is 0 Å². The Balaban J connectivity index is 1.67. The van der Waals surface area contributed by atoms with Crippen LogP contribution in [0.4, 0.5) is 26.3 Å². The first-order valence-corrected chi connectivity index (χ1v) is 12.6. The van der Waals surface area contributed by atoms with Crippen molar-refractivity contribution in [2.24, 2.45) is 0 Å². The van der Waals surface area contributed by atoms with E-state index in [1.807, 2.05) is 0 Å². The Hall–Kier alpha value is -4.63. The molecule has 9 nitrogen and oxygen atoms in total. The average Bonchev–Trinajstić information content (AvgIpc) is 3.57. The molecule has 0 amide bonds. The van der Waals surface area contributed by atoms with Crippen LogP contribution in [-0.2, 0) is 25.3 Å². The molecule has 0 atom stereocenters. The van der Waals surface area contributed by atoms with Gasteiger partial charge in [-0.3, -0.25) is 4.79 Å². The molecule has 1 N–H and O–H groups in total. The van der Waals surface area contributed by atoms with E-state index in [4.69, 9.17) is 16.1 Å². The molecule has 5 aromatic rings. The highest BCUT2D eigenvalue weighted by Gasteiger charge is 2.37. The Bertz CT molecular complexity index is 1750. The number of aromatic nitrogens is 6. The number of carbonyl (C=O) groups excluding carboxylic acids is 1. The van der Waals surface area contributed by atoms with Crippen LogP contribution in [0, 0.1) is 0 Å². The van der Waals surface area contributed by atoms with Crippen LogP contribution >= 0.6 is 11.6 Å². The molecule has 0 unspecified atom stereocenters. The number of halogens is 7. The zero-order valence-corrected chi connectivity index (χ0v) is 22.2. The van der Waals surface area contributed by atoms with Crippen LogP contribution in [0.1, 0.15) is 38.4 Å². The number of alkyl halides is 6. The maximum absolute atomic E-state index is 14.1. The summed E-state index contributed by atoms with van der Waals surface area (Å²) in [5.74, 6) is -0.860. The fourth-order valence-corrected chi connectivity index (χ4v) is 4.57. The minimum absolute atomic E-state index is 0.0105. The molecular formula is C27H17ClF6N6O3. The van der Waals surface area contributed by atoms with Crippen molar-refractivity contribution >= 4 is 17.4 Å². The third kappa shape index (κ3) is 6.12. The van der Waals surface area contributed by atoms with Gasteiger partial charge in [0.25, 0.3) is 0 Å². The largest absolute Gasteiger partial charge is 0.416 e. The number of nitrogens with zero attached hydrogens (tertiary/aromatic N) is 6. The minimum Gasteiger partial charge on any atom is -0.396 e. The third-order valence-electron chi connectivity index (χ3n) is 6.22. The van der Waals surface area contributed by atoms with E-state index in [0.29, 0.717) is 17.7 Å². The van der Waals surface area contributed by atoms with Crippen molar-refractivity contribution in [2.75, 3.05) is 6.61 Å². The van der Waals surface area contributed by atoms with E-state index >= 15 is 0 Å². The lowest BCUT2D eigenvalue weighted by Crippen LogP contribution is -2.14. The zero-order valence-electron chi connectivity index (χ0n) is 21.5. The Morgan fingerprint density at radius 2 is 1.63 bits per heavy atom. The predicted molar refractivity (Wildman–Crippen MR) is 138 cm³/mol. The molecule has 0 aliphatic carbocycles. The molecule has 0 bridgehead atoms. The molecule has 0 aliphatic rings. The van der Waals surface area contributed by atoms with Gasteiger partial charge in [0.1, 0.15) is 12.0 Å². The summed E-state index contributed by atoms with van der Waals surface area (Å²) in [5, 5.41) is 21.5. The Labute approximate surface area is 242 Å². The van der Waals surface area contributed by atoms with Gasteiger partial charge >= 0.3 is 12.4 Å². The summed E-state index contributed by atoms with van der Waals surface area (Å²) in [6, 6.07) is 7.52. The third-order valence-corrected chi connectivity index (χ3v) is 6.55. The molecule has 3 aromatic heterocycles. The monoisotopic (exact) mass is 622 g/mol. The molecule has 5 rings (SSSR count). The molecule has 16 heteroatoms. The molecule has 43 heavy (non-hydrogen) atoms. The fourth-order valence-electron chi connectivity index (χ4n) is 4.35. The highest BCUT2D eigenvalue weighted by atomic mass is 35.5. The number of hydrogen-bond acceptors (Lipinski definition) is 8. The summed E-state index contributed by atoms with van der Waals surface area (Å²) in [6.07, 6.45) is -6.52. The van der Waals surface area contributed by atoms with Crippen LogP contribution < -0.4 is 0 Å². The van der Waals surface area contributed by atoms with Gasteiger partial charge in [-0.05, 0) is 35.9 Å². The number of carbonyl (C=O) groups is 1. The second-order valence-electron chi connectivity index (χ2n) is 9.10. The van der Waals surface area contributed by atoms with Crippen molar-refractivity contribution in [1.29, 1.82) is 0 Å². The van der Waals surface area contributed by atoms with Crippen molar-refractivity contribution in [3.63, 3.8) is 0 Å². The Morgan fingerprint density at radius 3 is 2.23 bits per heavy atom. The average molecular weight is 623 g/mol. The summed E-state index contributed by atoms with van der Waals surface area (Å²) in [6.45, 7) is -1.04. The van der Waals surface area contributed by atoms with Gasteiger partial charge in [0.15, 0.2) is 11.5 Å². The lowest BCUT2D eigenvalue weighted by atomic mass is 9.98. The second kappa shape index (κ2) is 11.6. The van der Waals surface area contributed by atoms with Crippen molar-refractivity contribution in [3.05, 3.63) is 99.8 Å². The van der Waals surface area contributed by atoms with Gasteiger partial charge in [0.05, 0.1) is 34.0 Å². The van der Waals surface area contributed by atoms with E-state index in [-0.39, 0.29) is 51.5 Å². The van der Waals surface area contributed by atoms with Crippen LogP contribution in [0.25, 0.3) is 22.6 Å². The van der Waals surface area contributed by atoms with E-state index in [9.17, 15) is 36.2 Å². The highest BCUT2D eigenvalue weighted by Crippen LogP contribution is 2.38. The summed E-state index contributed by atoms with van der Waals surface area (Å²) < 4.78 is 87.3. The number of rotatable bonds is 8. The van der Waals surface area contributed by atoms with Crippen LogP contribution in [0.15, 0.2) is 65.7 Å². The van der Waals surface area contributed by atoms with Crippen LogP contribution in [0.3, 0.4) is 0 Å². The first-order valence-electron chi connectivity index (χ1n) is 12.2. The lowest BCUT2D eigenvalue weighted by Gasteiger charge is -2.15. The standard InChI is InChI=1S/C27H17ClF6N6O3/c28-19-4-2-1-3-18(19)25-21(20(5-6-41)38-43-25)24(42)22-23(15-10-35-13-36-11-15)40(39-37-22)12-14-7-16(26(29,30)31)9-17(8-14)27(32,33)34/h1-4,7-11,13,41H,5-6,12H2. The van der Waals surface area contributed by atoms with Crippen LogP contribution in [-0.4, -0.2) is 47.6 Å². The van der Waals surface area contributed by atoms with E-state index in [1.54, 1.807) is 24.3 Å². The Kier molecular flexibility index (Phi) is 8.03. The molecule has 222 valence electrons.